The van der Waals surface area contributed by atoms with Gasteiger partial charge in [-0.25, -0.2) is 4.98 Å². The lowest BCUT2D eigenvalue weighted by Crippen LogP contribution is -2.21. The predicted molar refractivity (Wildman–Crippen MR) is 100 cm³/mol. The number of fused-ring (bicyclic) bond motifs is 1. The van der Waals surface area contributed by atoms with Crippen LogP contribution in [-0.2, 0) is 20.7 Å². The van der Waals surface area contributed by atoms with Crippen LogP contribution in [0.2, 0.25) is 0 Å². The number of nitrogens with one attached hydrogen (secondary N) is 1. The van der Waals surface area contributed by atoms with Gasteiger partial charge in [-0.1, -0.05) is 43.0 Å². The molecule has 1 amide bonds. The van der Waals surface area contributed by atoms with E-state index in [4.69, 9.17) is 9.15 Å². The third-order valence-electron chi connectivity index (χ3n) is 3.57. The van der Waals surface area contributed by atoms with E-state index in [2.05, 4.69) is 10.3 Å². The van der Waals surface area contributed by atoms with Crippen molar-refractivity contribution in [2.24, 2.45) is 0 Å². The maximum atomic E-state index is 11.9. The number of rotatable bonds is 7. The predicted octanol–water partition coefficient (Wildman–Crippen LogP) is 3.66. The first kappa shape index (κ1) is 18.0. The molecule has 3 aromatic rings. The molecule has 0 saturated heterocycles. The van der Waals surface area contributed by atoms with Crippen LogP contribution in [0.4, 0.5) is 5.69 Å². The molecule has 0 spiro atoms. The molecule has 134 valence electrons. The fraction of sp³-hybridized carbons (Fsp3) is 0.211. The highest BCUT2D eigenvalue weighted by atomic mass is 32.2. The van der Waals surface area contributed by atoms with Crippen LogP contribution in [0.15, 0.2) is 58.2 Å². The van der Waals surface area contributed by atoms with Gasteiger partial charge in [0.05, 0.1) is 0 Å². The van der Waals surface area contributed by atoms with Gasteiger partial charge in [0.25, 0.3) is 11.1 Å². The minimum Gasteiger partial charge on any atom is -0.455 e. The first-order valence-electron chi connectivity index (χ1n) is 8.17. The first-order chi connectivity index (χ1) is 12.6. The fourth-order valence-electron chi connectivity index (χ4n) is 2.29. The van der Waals surface area contributed by atoms with Crippen LogP contribution in [0.3, 0.4) is 0 Å². The molecule has 1 aromatic heterocycles. The number of carbonyl (C=O) groups is 2. The largest absolute Gasteiger partial charge is 0.455 e. The Bertz CT molecular complexity index is 890. The molecule has 0 aliphatic rings. The summed E-state index contributed by atoms with van der Waals surface area (Å²) >= 11 is 1.13. The molecule has 1 N–H and O–H groups in total. The molecule has 1 heterocycles. The first-order valence-corrected chi connectivity index (χ1v) is 9.15. The van der Waals surface area contributed by atoms with E-state index in [1.165, 1.54) is 0 Å². The molecule has 0 radical (unpaired) electrons. The highest BCUT2D eigenvalue weighted by molar-refractivity contribution is 7.99. The number of hydrogen-bond acceptors (Lipinski definition) is 6. The molecule has 3 rings (SSSR count). The summed E-state index contributed by atoms with van der Waals surface area (Å²) in [7, 11) is 0. The standard InChI is InChI=1S/C19H18N2O4S/c1-2-13-6-5-7-14(10-13)20-17(22)11-24-18(23)12-26-19-21-15-8-3-4-9-16(15)25-19/h3-10H,2,11-12H2,1H3,(H,20,22). The van der Waals surface area contributed by atoms with E-state index < -0.39 is 5.97 Å². The second-order valence-electron chi connectivity index (χ2n) is 5.50. The van der Waals surface area contributed by atoms with Crippen LogP contribution in [0.25, 0.3) is 11.1 Å². The van der Waals surface area contributed by atoms with Crippen LogP contribution in [0.5, 0.6) is 0 Å². The summed E-state index contributed by atoms with van der Waals surface area (Å²) in [6, 6.07) is 14.9. The van der Waals surface area contributed by atoms with Crippen molar-refractivity contribution in [2.75, 3.05) is 17.7 Å². The Morgan fingerprint density at radius 1 is 1.19 bits per heavy atom. The summed E-state index contributed by atoms with van der Waals surface area (Å²) < 4.78 is 10.5. The van der Waals surface area contributed by atoms with Gasteiger partial charge >= 0.3 is 5.97 Å². The summed E-state index contributed by atoms with van der Waals surface area (Å²) in [5.74, 6) is -0.862. The molecule has 6 nitrogen and oxygen atoms in total. The third kappa shape index (κ3) is 4.86. The Balaban J connectivity index is 1.43. The molecule has 0 unspecified atom stereocenters. The minimum absolute atomic E-state index is 0.0193. The number of ether oxygens (including phenoxy) is 1. The summed E-state index contributed by atoms with van der Waals surface area (Å²) in [5, 5.41) is 3.10. The van der Waals surface area contributed by atoms with Crippen LogP contribution in [0, 0.1) is 0 Å². The second kappa shape index (κ2) is 8.53. The van der Waals surface area contributed by atoms with Gasteiger partial charge in [0, 0.05) is 5.69 Å². The van der Waals surface area contributed by atoms with E-state index in [0.29, 0.717) is 16.5 Å². The summed E-state index contributed by atoms with van der Waals surface area (Å²) in [4.78, 5) is 27.9. The molecule has 0 saturated carbocycles. The number of aromatic nitrogens is 1. The van der Waals surface area contributed by atoms with E-state index in [9.17, 15) is 9.59 Å². The van der Waals surface area contributed by atoms with Crippen molar-refractivity contribution >= 4 is 40.4 Å². The Morgan fingerprint density at radius 2 is 2.04 bits per heavy atom. The van der Waals surface area contributed by atoms with E-state index in [1.54, 1.807) is 6.07 Å². The Labute approximate surface area is 154 Å². The lowest BCUT2D eigenvalue weighted by Gasteiger charge is -2.07. The van der Waals surface area contributed by atoms with Gasteiger partial charge in [0.15, 0.2) is 12.2 Å². The van der Waals surface area contributed by atoms with Crippen molar-refractivity contribution in [3.63, 3.8) is 0 Å². The highest BCUT2D eigenvalue weighted by Crippen LogP contribution is 2.23. The van der Waals surface area contributed by atoms with Crippen molar-refractivity contribution < 1.29 is 18.7 Å². The number of anilines is 1. The average molecular weight is 370 g/mol. The lowest BCUT2D eigenvalue weighted by molar-refractivity contribution is -0.144. The Morgan fingerprint density at radius 3 is 2.85 bits per heavy atom. The Hall–Kier alpha value is -2.80. The number of oxazole rings is 1. The van der Waals surface area contributed by atoms with Gasteiger partial charge in [-0.05, 0) is 36.2 Å². The number of carbonyl (C=O) groups excluding carboxylic acids is 2. The topological polar surface area (TPSA) is 81.4 Å². The van der Waals surface area contributed by atoms with Crippen molar-refractivity contribution in [1.29, 1.82) is 0 Å². The molecule has 0 fully saturated rings. The normalized spacial score (nSPS) is 10.7. The molecule has 0 bridgehead atoms. The van der Waals surface area contributed by atoms with Gasteiger partial charge in [-0.15, -0.1) is 0 Å². The van der Waals surface area contributed by atoms with Gasteiger partial charge < -0.3 is 14.5 Å². The number of aryl methyl sites for hydroxylation is 1. The fourth-order valence-corrected chi connectivity index (χ4v) is 2.92. The number of amides is 1. The molecular weight excluding hydrogens is 352 g/mol. The zero-order valence-electron chi connectivity index (χ0n) is 14.2. The molecule has 0 aliphatic heterocycles. The number of nitrogens with zero attached hydrogens (tertiary/aromatic N) is 1. The van der Waals surface area contributed by atoms with Crippen molar-refractivity contribution in [1.82, 2.24) is 4.98 Å². The van der Waals surface area contributed by atoms with E-state index >= 15 is 0 Å². The van der Waals surface area contributed by atoms with Gasteiger partial charge in [-0.2, -0.15) is 0 Å². The van der Waals surface area contributed by atoms with Crippen molar-refractivity contribution in [3.8, 4) is 0 Å². The third-order valence-corrected chi connectivity index (χ3v) is 4.37. The number of hydrogen-bond donors (Lipinski definition) is 1. The van der Waals surface area contributed by atoms with Crippen molar-refractivity contribution in [2.45, 2.75) is 18.6 Å². The molecule has 0 atom stereocenters. The quantitative estimate of drug-likeness (QED) is 0.505. The molecule has 26 heavy (non-hydrogen) atoms. The smallest absolute Gasteiger partial charge is 0.316 e. The Kier molecular flexibility index (Phi) is 5.91. The summed E-state index contributed by atoms with van der Waals surface area (Å²) in [6.07, 6.45) is 0.881. The monoisotopic (exact) mass is 370 g/mol. The molecule has 0 aliphatic carbocycles. The van der Waals surface area contributed by atoms with E-state index in [1.807, 2.05) is 49.4 Å². The van der Waals surface area contributed by atoms with E-state index in [-0.39, 0.29) is 18.3 Å². The van der Waals surface area contributed by atoms with Crippen LogP contribution in [-0.4, -0.2) is 29.2 Å². The number of para-hydroxylation sites is 2. The SMILES string of the molecule is CCc1cccc(NC(=O)COC(=O)CSc2nc3ccccc3o2)c1. The zero-order chi connectivity index (χ0) is 18.4. The van der Waals surface area contributed by atoms with Crippen LogP contribution >= 0.6 is 11.8 Å². The number of thioether (sulfide) groups is 1. The maximum Gasteiger partial charge on any atom is 0.316 e. The summed E-state index contributed by atoms with van der Waals surface area (Å²) in [6.45, 7) is 1.71. The number of benzene rings is 2. The van der Waals surface area contributed by atoms with Gasteiger partial charge in [0.1, 0.15) is 11.3 Å². The van der Waals surface area contributed by atoms with Crippen LogP contribution in [0.1, 0.15) is 12.5 Å². The molecular formula is C19H18N2O4S. The minimum atomic E-state index is -0.505. The van der Waals surface area contributed by atoms with E-state index in [0.717, 1.165) is 29.3 Å². The maximum absolute atomic E-state index is 11.9. The highest BCUT2D eigenvalue weighted by Gasteiger charge is 2.12. The number of esters is 1. The van der Waals surface area contributed by atoms with Gasteiger partial charge in [-0.3, -0.25) is 9.59 Å². The second-order valence-corrected chi connectivity index (χ2v) is 6.43. The molecule has 7 heteroatoms. The van der Waals surface area contributed by atoms with Crippen molar-refractivity contribution in [3.05, 3.63) is 54.1 Å². The van der Waals surface area contributed by atoms with Crippen LogP contribution < -0.4 is 5.32 Å². The van der Waals surface area contributed by atoms with Gasteiger partial charge in [0.2, 0.25) is 0 Å². The summed E-state index contributed by atoms with van der Waals surface area (Å²) in [5.41, 5.74) is 3.20. The average Bonchev–Trinajstić information content (AvgIpc) is 3.08. The lowest BCUT2D eigenvalue weighted by atomic mass is 10.1. The zero-order valence-corrected chi connectivity index (χ0v) is 15.0. The molecule has 2 aromatic carbocycles.